The molecule has 7 heteroatoms. The Balaban J connectivity index is 2.50. The molecule has 1 unspecified atom stereocenters. The van der Waals surface area contributed by atoms with Gasteiger partial charge in [-0.15, -0.1) is 0 Å². The van der Waals surface area contributed by atoms with E-state index in [1.54, 1.807) is 6.92 Å². The molecule has 1 aromatic carbocycles. The zero-order chi connectivity index (χ0) is 14.2. The lowest BCUT2D eigenvalue weighted by atomic mass is 10.1. The fraction of sp³-hybridized carbons (Fsp3) is 0.500. The summed E-state index contributed by atoms with van der Waals surface area (Å²) in [5, 5.41) is 0. The Morgan fingerprint density at radius 3 is 2.37 bits per heavy atom. The predicted octanol–water partition coefficient (Wildman–Crippen LogP) is 2.11. The van der Waals surface area contributed by atoms with Crippen LogP contribution in [-0.4, -0.2) is 25.3 Å². The molecule has 1 saturated heterocycles. The van der Waals surface area contributed by atoms with Gasteiger partial charge in [0.15, 0.2) is 4.90 Å². The maximum absolute atomic E-state index is 13.8. The fourth-order valence-electron chi connectivity index (χ4n) is 2.37. The third-order valence-electron chi connectivity index (χ3n) is 3.33. The Bertz CT molecular complexity index is 566. The average molecular weight is 290 g/mol. The number of rotatable bonds is 2. The van der Waals surface area contributed by atoms with Crippen LogP contribution in [0.2, 0.25) is 0 Å². The van der Waals surface area contributed by atoms with Crippen molar-refractivity contribution in [2.45, 2.75) is 37.1 Å². The zero-order valence-corrected chi connectivity index (χ0v) is 11.4. The van der Waals surface area contributed by atoms with Crippen LogP contribution in [0.5, 0.6) is 0 Å². The average Bonchev–Trinajstić information content (AvgIpc) is 2.27. The lowest BCUT2D eigenvalue weighted by molar-refractivity contribution is 0.267. The number of hydrogen-bond donors (Lipinski definition) is 1. The Hall–Kier alpha value is -1.21. The number of nitrogens with two attached hydrogens (primary N) is 1. The molecule has 0 radical (unpaired) electrons. The molecule has 0 aromatic heterocycles. The van der Waals surface area contributed by atoms with Crippen LogP contribution in [0.1, 0.15) is 26.2 Å². The van der Waals surface area contributed by atoms with Crippen LogP contribution < -0.4 is 5.73 Å². The molecule has 1 aromatic rings. The molecule has 19 heavy (non-hydrogen) atoms. The van der Waals surface area contributed by atoms with E-state index in [0.717, 1.165) is 22.9 Å². The van der Waals surface area contributed by atoms with E-state index in [0.29, 0.717) is 12.8 Å². The quantitative estimate of drug-likeness (QED) is 0.848. The smallest absolute Gasteiger partial charge is 0.249 e. The van der Waals surface area contributed by atoms with Crippen LogP contribution in [0, 0.1) is 11.6 Å². The molecule has 1 aliphatic rings. The van der Waals surface area contributed by atoms with E-state index in [4.69, 9.17) is 5.73 Å². The number of piperidine rings is 1. The largest absolute Gasteiger partial charge is 0.399 e. The maximum Gasteiger partial charge on any atom is 0.249 e. The third-order valence-corrected chi connectivity index (χ3v) is 5.40. The molecule has 1 fully saturated rings. The first-order chi connectivity index (χ1) is 8.84. The van der Waals surface area contributed by atoms with Crippen molar-refractivity contribution in [3.8, 4) is 0 Å². The van der Waals surface area contributed by atoms with E-state index in [9.17, 15) is 17.2 Å². The van der Waals surface area contributed by atoms with Crippen LogP contribution in [-0.2, 0) is 10.0 Å². The highest BCUT2D eigenvalue weighted by molar-refractivity contribution is 7.89. The summed E-state index contributed by atoms with van der Waals surface area (Å²) in [7, 11) is -4.16. The second kappa shape index (κ2) is 5.05. The normalized spacial score (nSPS) is 21.5. The molecule has 0 bridgehead atoms. The highest BCUT2D eigenvalue weighted by Crippen LogP contribution is 2.29. The first kappa shape index (κ1) is 14.2. The first-order valence-corrected chi connectivity index (χ1v) is 7.54. The van der Waals surface area contributed by atoms with Gasteiger partial charge in [0.1, 0.15) is 11.6 Å². The van der Waals surface area contributed by atoms with Gasteiger partial charge in [0.2, 0.25) is 10.0 Å². The fourth-order valence-corrected chi connectivity index (χ4v) is 4.17. The molecule has 1 heterocycles. The van der Waals surface area contributed by atoms with Crippen molar-refractivity contribution in [1.29, 1.82) is 0 Å². The molecular weight excluding hydrogens is 274 g/mol. The van der Waals surface area contributed by atoms with Crippen LogP contribution >= 0.6 is 0 Å². The minimum atomic E-state index is -4.16. The van der Waals surface area contributed by atoms with Crippen molar-refractivity contribution in [3.05, 3.63) is 23.8 Å². The van der Waals surface area contributed by atoms with Gasteiger partial charge < -0.3 is 5.73 Å². The van der Waals surface area contributed by atoms with Gasteiger partial charge >= 0.3 is 0 Å². The number of anilines is 1. The molecule has 2 rings (SSSR count). The summed E-state index contributed by atoms with van der Waals surface area (Å²) >= 11 is 0. The molecule has 1 aliphatic heterocycles. The third kappa shape index (κ3) is 2.57. The lowest BCUT2D eigenvalue weighted by Crippen LogP contribution is -2.42. The van der Waals surface area contributed by atoms with Crippen LogP contribution in [0.25, 0.3) is 0 Å². The molecule has 0 spiro atoms. The molecule has 2 N–H and O–H groups in total. The number of sulfonamides is 1. The first-order valence-electron chi connectivity index (χ1n) is 6.10. The summed E-state index contributed by atoms with van der Waals surface area (Å²) in [6, 6.07) is 1.39. The Morgan fingerprint density at radius 2 is 1.84 bits per heavy atom. The molecule has 1 atom stereocenters. The summed E-state index contributed by atoms with van der Waals surface area (Å²) in [6.07, 6.45) is 2.30. The highest BCUT2D eigenvalue weighted by Gasteiger charge is 2.35. The summed E-state index contributed by atoms with van der Waals surface area (Å²) in [5.74, 6) is -2.29. The standard InChI is InChI=1S/C12H16F2N2O2S/c1-8-4-2-3-5-16(8)19(17,18)12-10(13)6-9(15)7-11(12)14/h6-8H,2-5,15H2,1H3. The topological polar surface area (TPSA) is 63.4 Å². The van der Waals surface area contributed by atoms with Gasteiger partial charge in [0.25, 0.3) is 0 Å². The van der Waals surface area contributed by atoms with Crippen molar-refractivity contribution >= 4 is 15.7 Å². The van der Waals surface area contributed by atoms with Gasteiger partial charge in [0, 0.05) is 18.3 Å². The molecule has 0 aliphatic carbocycles. The summed E-state index contributed by atoms with van der Waals surface area (Å²) in [6.45, 7) is 2.02. The van der Waals surface area contributed by atoms with Gasteiger partial charge in [-0.05, 0) is 31.9 Å². The number of hydrogen-bond acceptors (Lipinski definition) is 3. The van der Waals surface area contributed by atoms with Gasteiger partial charge in [0.05, 0.1) is 0 Å². The summed E-state index contributed by atoms with van der Waals surface area (Å²) < 4.78 is 53.4. The number of halogens is 2. The van der Waals surface area contributed by atoms with E-state index >= 15 is 0 Å². The monoisotopic (exact) mass is 290 g/mol. The van der Waals surface area contributed by atoms with E-state index in [2.05, 4.69) is 0 Å². The van der Waals surface area contributed by atoms with E-state index in [1.807, 2.05) is 0 Å². The number of nitrogen functional groups attached to an aromatic ring is 1. The van der Waals surface area contributed by atoms with Crippen LogP contribution in [0.4, 0.5) is 14.5 Å². The highest BCUT2D eigenvalue weighted by atomic mass is 32.2. The number of benzene rings is 1. The van der Waals surface area contributed by atoms with Crippen molar-refractivity contribution in [3.63, 3.8) is 0 Å². The van der Waals surface area contributed by atoms with E-state index < -0.39 is 26.6 Å². The molecule has 0 saturated carbocycles. The molecule has 0 amide bonds. The van der Waals surface area contributed by atoms with Gasteiger partial charge in [-0.3, -0.25) is 0 Å². The summed E-state index contributed by atoms with van der Waals surface area (Å²) in [5.41, 5.74) is 5.15. The molecular formula is C12H16F2N2O2S. The zero-order valence-electron chi connectivity index (χ0n) is 10.6. The van der Waals surface area contributed by atoms with Crippen molar-refractivity contribution in [2.24, 2.45) is 0 Å². The van der Waals surface area contributed by atoms with Gasteiger partial charge in [-0.25, -0.2) is 17.2 Å². The second-order valence-electron chi connectivity index (χ2n) is 4.77. The number of nitrogens with zero attached hydrogens (tertiary/aromatic N) is 1. The molecule has 4 nitrogen and oxygen atoms in total. The molecule has 106 valence electrons. The minimum absolute atomic E-state index is 0.138. The van der Waals surface area contributed by atoms with E-state index in [1.165, 1.54) is 0 Å². The predicted molar refractivity (Wildman–Crippen MR) is 68.0 cm³/mol. The second-order valence-corrected chi connectivity index (χ2v) is 6.60. The Kier molecular flexibility index (Phi) is 3.78. The van der Waals surface area contributed by atoms with Crippen LogP contribution in [0.3, 0.4) is 0 Å². The van der Waals surface area contributed by atoms with Gasteiger partial charge in [-0.1, -0.05) is 6.42 Å². The van der Waals surface area contributed by atoms with E-state index in [-0.39, 0.29) is 18.3 Å². The summed E-state index contributed by atoms with van der Waals surface area (Å²) in [4.78, 5) is -0.907. The Labute approximate surface area is 111 Å². The van der Waals surface area contributed by atoms with Crippen molar-refractivity contribution in [2.75, 3.05) is 12.3 Å². The lowest BCUT2D eigenvalue weighted by Gasteiger charge is -2.32. The SMILES string of the molecule is CC1CCCCN1S(=O)(=O)c1c(F)cc(N)cc1F. The Morgan fingerprint density at radius 1 is 1.26 bits per heavy atom. The van der Waals surface area contributed by atoms with Crippen LogP contribution in [0.15, 0.2) is 17.0 Å². The van der Waals surface area contributed by atoms with Gasteiger partial charge in [-0.2, -0.15) is 4.31 Å². The maximum atomic E-state index is 13.8. The minimum Gasteiger partial charge on any atom is -0.399 e. The van der Waals surface area contributed by atoms with Crippen molar-refractivity contribution < 1.29 is 17.2 Å². The van der Waals surface area contributed by atoms with Crippen molar-refractivity contribution in [1.82, 2.24) is 4.31 Å².